The lowest BCUT2D eigenvalue weighted by molar-refractivity contribution is 0.100. The first-order valence-corrected chi connectivity index (χ1v) is 9.90. The van der Waals surface area contributed by atoms with Crippen molar-refractivity contribution in [2.45, 2.75) is 25.0 Å². The van der Waals surface area contributed by atoms with Crippen molar-refractivity contribution in [3.8, 4) is 0 Å². The molecule has 1 aliphatic heterocycles. The van der Waals surface area contributed by atoms with Crippen LogP contribution in [-0.4, -0.2) is 44.7 Å². The Morgan fingerprint density at radius 3 is 2.65 bits per heavy atom. The van der Waals surface area contributed by atoms with Crippen LogP contribution in [0.3, 0.4) is 0 Å². The summed E-state index contributed by atoms with van der Waals surface area (Å²) in [6, 6.07) is 10.0. The first kappa shape index (κ1) is 20.9. The number of amides is 1. The smallest absolute Gasteiger partial charge is 0.254 e. The number of aromatic nitrogens is 3. The third kappa shape index (κ3) is 4.86. The topological polar surface area (TPSA) is 115 Å². The molecule has 1 saturated heterocycles. The van der Waals surface area contributed by atoms with Gasteiger partial charge in [0.1, 0.15) is 11.4 Å². The van der Waals surface area contributed by atoms with E-state index in [1.165, 1.54) is 18.2 Å². The van der Waals surface area contributed by atoms with Crippen molar-refractivity contribution in [3.05, 3.63) is 71.7 Å². The van der Waals surface area contributed by atoms with Crippen LogP contribution in [-0.2, 0) is 6.54 Å². The number of nitrogens with one attached hydrogen (secondary N) is 1. The second kappa shape index (κ2) is 8.78. The van der Waals surface area contributed by atoms with Gasteiger partial charge in [0, 0.05) is 37.6 Å². The summed E-state index contributed by atoms with van der Waals surface area (Å²) in [7, 11) is 0. The molecule has 1 fully saturated rings. The minimum atomic E-state index is -0.626. The number of nitrogens with zero attached hydrogens (tertiary/aromatic N) is 4. The molecule has 162 valence electrons. The number of halogens is 2. The quantitative estimate of drug-likeness (QED) is 0.520. The SMILES string of the molecule is NC(=O)c1cn([C@@H]2CCN(Cc3cccc(F)n3)C[C@H]2N)nc1Nc1ccc(F)cc1. The maximum absolute atomic E-state index is 13.3. The van der Waals surface area contributed by atoms with Gasteiger partial charge < -0.3 is 16.8 Å². The zero-order valence-corrected chi connectivity index (χ0v) is 16.7. The van der Waals surface area contributed by atoms with Gasteiger partial charge in [0.2, 0.25) is 5.95 Å². The Balaban J connectivity index is 1.48. The molecule has 10 heteroatoms. The van der Waals surface area contributed by atoms with Crippen LogP contribution < -0.4 is 16.8 Å². The normalized spacial score (nSPS) is 19.3. The summed E-state index contributed by atoms with van der Waals surface area (Å²) in [5.74, 6) is -1.21. The van der Waals surface area contributed by atoms with Gasteiger partial charge in [-0.3, -0.25) is 14.4 Å². The zero-order chi connectivity index (χ0) is 22.0. The Hall–Kier alpha value is -3.37. The fourth-order valence-electron chi connectivity index (χ4n) is 3.78. The molecule has 1 amide bonds. The molecule has 2 aromatic heterocycles. The highest BCUT2D eigenvalue weighted by molar-refractivity contribution is 5.98. The van der Waals surface area contributed by atoms with Gasteiger partial charge in [-0.15, -0.1) is 0 Å². The highest BCUT2D eigenvalue weighted by Crippen LogP contribution is 2.26. The number of pyridine rings is 1. The van der Waals surface area contributed by atoms with Gasteiger partial charge in [-0.05, 0) is 42.8 Å². The molecule has 0 bridgehead atoms. The molecule has 0 spiro atoms. The van der Waals surface area contributed by atoms with E-state index in [0.29, 0.717) is 37.4 Å². The Morgan fingerprint density at radius 1 is 1.19 bits per heavy atom. The molecule has 0 aliphatic carbocycles. The molecule has 31 heavy (non-hydrogen) atoms. The van der Waals surface area contributed by atoms with Crippen molar-refractivity contribution >= 4 is 17.4 Å². The number of benzene rings is 1. The standard InChI is InChI=1S/C21H23F2N7O/c22-13-4-6-14(7-5-13)27-21-16(20(25)31)11-30(28-21)18-8-9-29(12-17(18)24)10-15-2-1-3-19(23)26-15/h1-7,11,17-18H,8-10,12,24H2,(H2,25,31)(H,27,28)/t17-,18-/m1/s1. The maximum atomic E-state index is 13.3. The van der Waals surface area contributed by atoms with Crippen LogP contribution in [0.4, 0.5) is 20.3 Å². The van der Waals surface area contributed by atoms with E-state index in [1.807, 2.05) is 0 Å². The molecular formula is C21H23F2N7O. The summed E-state index contributed by atoms with van der Waals surface area (Å²) in [5.41, 5.74) is 13.4. The van der Waals surface area contributed by atoms with E-state index < -0.39 is 11.9 Å². The van der Waals surface area contributed by atoms with Gasteiger partial charge >= 0.3 is 0 Å². The van der Waals surface area contributed by atoms with E-state index in [9.17, 15) is 13.6 Å². The summed E-state index contributed by atoms with van der Waals surface area (Å²) < 4.78 is 28.1. The number of carbonyl (C=O) groups excluding carboxylic acids is 1. The van der Waals surface area contributed by atoms with Crippen LogP contribution in [0.5, 0.6) is 0 Å². The summed E-state index contributed by atoms with van der Waals surface area (Å²) in [5, 5.41) is 7.50. The van der Waals surface area contributed by atoms with Crippen LogP contribution in [0.1, 0.15) is 28.5 Å². The highest BCUT2D eigenvalue weighted by Gasteiger charge is 2.30. The van der Waals surface area contributed by atoms with Gasteiger partial charge in [-0.25, -0.2) is 9.37 Å². The van der Waals surface area contributed by atoms with Gasteiger partial charge in [0.15, 0.2) is 5.82 Å². The predicted molar refractivity (Wildman–Crippen MR) is 112 cm³/mol. The molecule has 4 rings (SSSR count). The number of carbonyl (C=O) groups is 1. The van der Waals surface area contributed by atoms with Crippen molar-refractivity contribution < 1.29 is 13.6 Å². The van der Waals surface area contributed by atoms with E-state index in [4.69, 9.17) is 11.5 Å². The first-order chi connectivity index (χ1) is 14.9. The van der Waals surface area contributed by atoms with Gasteiger partial charge in [-0.2, -0.15) is 9.49 Å². The van der Waals surface area contributed by atoms with E-state index in [-0.39, 0.29) is 29.3 Å². The number of anilines is 2. The molecule has 0 radical (unpaired) electrons. The molecule has 0 unspecified atom stereocenters. The molecular weight excluding hydrogens is 404 g/mol. The van der Waals surface area contributed by atoms with Gasteiger partial charge in [0.05, 0.1) is 11.7 Å². The molecule has 5 N–H and O–H groups in total. The maximum Gasteiger partial charge on any atom is 0.254 e. The Bertz CT molecular complexity index is 1070. The minimum Gasteiger partial charge on any atom is -0.365 e. The van der Waals surface area contributed by atoms with Crippen LogP contribution in [0.2, 0.25) is 0 Å². The minimum absolute atomic E-state index is 0.140. The second-order valence-corrected chi connectivity index (χ2v) is 7.57. The number of primary amides is 1. The third-order valence-corrected chi connectivity index (χ3v) is 5.31. The van der Waals surface area contributed by atoms with Crippen molar-refractivity contribution in [2.24, 2.45) is 11.5 Å². The molecule has 8 nitrogen and oxygen atoms in total. The lowest BCUT2D eigenvalue weighted by atomic mass is 10.00. The van der Waals surface area contributed by atoms with E-state index in [1.54, 1.807) is 35.1 Å². The molecule has 3 heterocycles. The van der Waals surface area contributed by atoms with Crippen molar-refractivity contribution in [1.82, 2.24) is 19.7 Å². The third-order valence-electron chi connectivity index (χ3n) is 5.31. The van der Waals surface area contributed by atoms with Crippen LogP contribution in [0, 0.1) is 11.8 Å². The molecule has 0 saturated carbocycles. The number of hydrogen-bond donors (Lipinski definition) is 3. The summed E-state index contributed by atoms with van der Waals surface area (Å²) in [6.07, 6.45) is 2.27. The van der Waals surface area contributed by atoms with E-state index >= 15 is 0 Å². The highest BCUT2D eigenvalue weighted by atomic mass is 19.1. The number of hydrogen-bond acceptors (Lipinski definition) is 6. The lowest BCUT2D eigenvalue weighted by Crippen LogP contribution is -2.49. The molecule has 2 atom stereocenters. The Morgan fingerprint density at radius 2 is 1.97 bits per heavy atom. The predicted octanol–water partition coefficient (Wildman–Crippen LogP) is 2.17. The Kier molecular flexibility index (Phi) is 5.92. The van der Waals surface area contributed by atoms with Crippen LogP contribution >= 0.6 is 0 Å². The fraction of sp³-hybridized carbons (Fsp3) is 0.286. The average Bonchev–Trinajstić information content (AvgIpc) is 3.14. The Labute approximate surface area is 177 Å². The van der Waals surface area contributed by atoms with Crippen molar-refractivity contribution in [2.75, 3.05) is 18.4 Å². The van der Waals surface area contributed by atoms with Crippen molar-refractivity contribution in [3.63, 3.8) is 0 Å². The van der Waals surface area contributed by atoms with Crippen LogP contribution in [0.15, 0.2) is 48.7 Å². The number of likely N-dealkylation sites (tertiary alicyclic amines) is 1. The first-order valence-electron chi connectivity index (χ1n) is 9.90. The zero-order valence-electron chi connectivity index (χ0n) is 16.7. The summed E-state index contributed by atoms with van der Waals surface area (Å²) in [4.78, 5) is 17.9. The largest absolute Gasteiger partial charge is 0.365 e. The second-order valence-electron chi connectivity index (χ2n) is 7.57. The van der Waals surface area contributed by atoms with Gasteiger partial charge in [0.25, 0.3) is 5.91 Å². The fourth-order valence-corrected chi connectivity index (χ4v) is 3.78. The average molecular weight is 427 g/mol. The molecule has 1 aromatic carbocycles. The molecule has 3 aromatic rings. The summed E-state index contributed by atoms with van der Waals surface area (Å²) >= 11 is 0. The monoisotopic (exact) mass is 427 g/mol. The number of rotatable bonds is 6. The molecule has 1 aliphatic rings. The van der Waals surface area contributed by atoms with E-state index in [0.717, 1.165) is 0 Å². The van der Waals surface area contributed by atoms with Crippen molar-refractivity contribution in [1.29, 1.82) is 0 Å². The lowest BCUT2D eigenvalue weighted by Gasteiger charge is -2.36. The number of piperidine rings is 1. The summed E-state index contributed by atoms with van der Waals surface area (Å²) in [6.45, 7) is 1.78. The van der Waals surface area contributed by atoms with E-state index in [2.05, 4.69) is 20.3 Å². The number of nitrogens with two attached hydrogens (primary N) is 2. The van der Waals surface area contributed by atoms with Crippen LogP contribution in [0.25, 0.3) is 0 Å². The van der Waals surface area contributed by atoms with Gasteiger partial charge in [-0.1, -0.05) is 6.07 Å².